The standard InChI is InChI=1S/C6H9N2O2/c1-5(9)8-4-2-3-7-6(8)10/h2-4H2,1H3. The highest BCUT2D eigenvalue weighted by Crippen LogP contribution is 1.99. The van der Waals surface area contributed by atoms with Crippen LogP contribution in [-0.4, -0.2) is 29.9 Å². The maximum absolute atomic E-state index is 10.8. The third-order valence-electron chi connectivity index (χ3n) is 1.40. The Hall–Kier alpha value is -1.06. The van der Waals surface area contributed by atoms with E-state index < -0.39 is 6.03 Å². The summed E-state index contributed by atoms with van der Waals surface area (Å²) in [6, 6.07) is -0.390. The SMILES string of the molecule is CC(=O)N1CCC[N]C1=O. The van der Waals surface area contributed by atoms with E-state index in [1.54, 1.807) is 0 Å². The van der Waals surface area contributed by atoms with Gasteiger partial charge in [0.25, 0.3) is 0 Å². The molecule has 0 unspecified atom stereocenters. The molecule has 4 heteroatoms. The van der Waals surface area contributed by atoms with Crippen LogP contribution in [-0.2, 0) is 4.79 Å². The van der Waals surface area contributed by atoms with Crippen LogP contribution in [0.1, 0.15) is 13.3 Å². The molecule has 1 fully saturated rings. The largest absolute Gasteiger partial charge is 0.345 e. The van der Waals surface area contributed by atoms with E-state index in [1.165, 1.54) is 6.92 Å². The number of hydrogen-bond acceptors (Lipinski definition) is 2. The van der Waals surface area contributed by atoms with E-state index in [0.29, 0.717) is 13.1 Å². The summed E-state index contributed by atoms with van der Waals surface area (Å²) >= 11 is 0. The molecule has 1 rings (SSSR count). The lowest BCUT2D eigenvalue weighted by molar-refractivity contribution is -0.126. The van der Waals surface area contributed by atoms with Crippen LogP contribution in [0.2, 0.25) is 0 Å². The minimum absolute atomic E-state index is 0.214. The summed E-state index contributed by atoms with van der Waals surface area (Å²) in [6.45, 7) is 2.46. The molecule has 0 N–H and O–H groups in total. The number of urea groups is 1. The minimum atomic E-state index is -0.390. The van der Waals surface area contributed by atoms with Crippen molar-refractivity contribution in [2.24, 2.45) is 0 Å². The molecule has 1 radical (unpaired) electrons. The first-order chi connectivity index (χ1) is 4.72. The van der Waals surface area contributed by atoms with Gasteiger partial charge in [0.2, 0.25) is 5.91 Å². The number of carbonyl (C=O) groups is 2. The first-order valence-electron chi connectivity index (χ1n) is 3.21. The van der Waals surface area contributed by atoms with E-state index >= 15 is 0 Å². The molecule has 0 aromatic heterocycles. The smallest absolute Gasteiger partial charge is 0.275 e. The molecule has 55 valence electrons. The second kappa shape index (κ2) is 2.68. The van der Waals surface area contributed by atoms with Crippen LogP contribution in [0.4, 0.5) is 4.79 Å². The summed E-state index contributed by atoms with van der Waals surface area (Å²) in [5.41, 5.74) is 0. The van der Waals surface area contributed by atoms with Gasteiger partial charge in [-0.2, -0.15) is 0 Å². The van der Waals surface area contributed by atoms with Gasteiger partial charge in [0.1, 0.15) is 0 Å². The topological polar surface area (TPSA) is 51.5 Å². The Balaban J connectivity index is 2.56. The molecular weight excluding hydrogens is 132 g/mol. The highest BCUT2D eigenvalue weighted by Gasteiger charge is 2.21. The zero-order chi connectivity index (χ0) is 7.56. The fourth-order valence-electron chi connectivity index (χ4n) is 0.877. The van der Waals surface area contributed by atoms with Crippen molar-refractivity contribution in [2.75, 3.05) is 13.1 Å². The van der Waals surface area contributed by atoms with Gasteiger partial charge < -0.3 is 0 Å². The molecule has 1 aliphatic heterocycles. The van der Waals surface area contributed by atoms with Crippen molar-refractivity contribution in [3.63, 3.8) is 0 Å². The van der Waals surface area contributed by atoms with Crippen LogP contribution < -0.4 is 5.32 Å². The number of nitrogens with zero attached hydrogens (tertiary/aromatic N) is 2. The third-order valence-corrected chi connectivity index (χ3v) is 1.40. The molecule has 4 nitrogen and oxygen atoms in total. The lowest BCUT2D eigenvalue weighted by Crippen LogP contribution is -2.44. The third kappa shape index (κ3) is 1.26. The molecule has 0 aromatic rings. The summed E-state index contributed by atoms with van der Waals surface area (Å²) in [5.74, 6) is -0.214. The maximum atomic E-state index is 10.8. The predicted molar refractivity (Wildman–Crippen MR) is 34.4 cm³/mol. The Labute approximate surface area is 59.2 Å². The highest BCUT2D eigenvalue weighted by molar-refractivity contribution is 5.93. The van der Waals surface area contributed by atoms with Crippen molar-refractivity contribution in [3.8, 4) is 0 Å². The van der Waals surface area contributed by atoms with Crippen LogP contribution >= 0.6 is 0 Å². The molecule has 0 atom stereocenters. The van der Waals surface area contributed by atoms with Crippen LogP contribution in [0.5, 0.6) is 0 Å². The second-order valence-corrected chi connectivity index (χ2v) is 2.19. The van der Waals surface area contributed by atoms with Gasteiger partial charge >= 0.3 is 6.03 Å². The van der Waals surface area contributed by atoms with E-state index in [9.17, 15) is 9.59 Å². The first-order valence-corrected chi connectivity index (χ1v) is 3.21. The average molecular weight is 141 g/mol. The van der Waals surface area contributed by atoms with Crippen molar-refractivity contribution < 1.29 is 9.59 Å². The molecule has 1 aliphatic rings. The quantitative estimate of drug-likeness (QED) is 0.475. The van der Waals surface area contributed by atoms with Gasteiger partial charge in [-0.25, -0.2) is 10.1 Å². The van der Waals surface area contributed by atoms with E-state index in [0.717, 1.165) is 11.3 Å². The second-order valence-electron chi connectivity index (χ2n) is 2.19. The lowest BCUT2D eigenvalue weighted by atomic mass is 10.3. The Morgan fingerprint density at radius 2 is 2.40 bits per heavy atom. The Bertz CT molecular complexity index is 167. The van der Waals surface area contributed by atoms with Gasteiger partial charge in [0.05, 0.1) is 0 Å². The van der Waals surface area contributed by atoms with Crippen LogP contribution in [0.25, 0.3) is 0 Å². The van der Waals surface area contributed by atoms with Crippen LogP contribution in [0, 0.1) is 0 Å². The van der Waals surface area contributed by atoms with Gasteiger partial charge in [-0.05, 0) is 6.42 Å². The monoisotopic (exact) mass is 141 g/mol. The van der Waals surface area contributed by atoms with Gasteiger partial charge in [0.15, 0.2) is 0 Å². The first kappa shape index (κ1) is 7.05. The van der Waals surface area contributed by atoms with E-state index in [4.69, 9.17) is 0 Å². The van der Waals surface area contributed by atoms with Crippen LogP contribution in [0.3, 0.4) is 0 Å². The molecule has 0 spiro atoms. The number of carbonyl (C=O) groups excluding carboxylic acids is 2. The summed E-state index contributed by atoms with van der Waals surface area (Å²) < 4.78 is 0. The summed E-state index contributed by atoms with van der Waals surface area (Å²) in [5, 5.41) is 3.60. The number of amides is 3. The molecule has 0 aromatic carbocycles. The van der Waals surface area contributed by atoms with E-state index in [2.05, 4.69) is 5.32 Å². The van der Waals surface area contributed by atoms with Crippen molar-refractivity contribution in [1.82, 2.24) is 10.2 Å². The summed E-state index contributed by atoms with van der Waals surface area (Å²) in [6.07, 6.45) is 0.797. The number of imide groups is 1. The fourth-order valence-corrected chi connectivity index (χ4v) is 0.877. The van der Waals surface area contributed by atoms with Gasteiger partial charge in [-0.1, -0.05) is 0 Å². The van der Waals surface area contributed by atoms with Gasteiger partial charge in [-0.3, -0.25) is 9.69 Å². The fraction of sp³-hybridized carbons (Fsp3) is 0.667. The highest BCUT2D eigenvalue weighted by atomic mass is 16.2. The Kier molecular flexibility index (Phi) is 1.89. The minimum Gasteiger partial charge on any atom is -0.275 e. The molecule has 3 amide bonds. The average Bonchev–Trinajstić information content (AvgIpc) is 1.88. The van der Waals surface area contributed by atoms with Gasteiger partial charge in [0, 0.05) is 20.0 Å². The maximum Gasteiger partial charge on any atom is 0.345 e. The Morgan fingerprint density at radius 3 is 2.80 bits per heavy atom. The zero-order valence-corrected chi connectivity index (χ0v) is 5.83. The van der Waals surface area contributed by atoms with Crippen LogP contribution in [0.15, 0.2) is 0 Å². The zero-order valence-electron chi connectivity index (χ0n) is 5.83. The molecule has 1 saturated heterocycles. The van der Waals surface area contributed by atoms with Crippen molar-refractivity contribution in [3.05, 3.63) is 0 Å². The van der Waals surface area contributed by atoms with E-state index in [1.807, 2.05) is 0 Å². The lowest BCUT2D eigenvalue weighted by Gasteiger charge is -2.22. The molecule has 1 heterocycles. The van der Waals surface area contributed by atoms with Crippen molar-refractivity contribution in [2.45, 2.75) is 13.3 Å². The molecule has 0 saturated carbocycles. The molecule has 0 aliphatic carbocycles. The summed E-state index contributed by atoms with van der Waals surface area (Å²) in [7, 11) is 0. The predicted octanol–water partition coefficient (Wildman–Crippen LogP) is -0.0370. The molecule has 10 heavy (non-hydrogen) atoms. The van der Waals surface area contributed by atoms with E-state index in [-0.39, 0.29) is 5.91 Å². The van der Waals surface area contributed by atoms with Crippen molar-refractivity contribution in [1.29, 1.82) is 0 Å². The molecule has 0 bridgehead atoms. The Morgan fingerprint density at radius 1 is 1.70 bits per heavy atom. The summed E-state index contributed by atoms with van der Waals surface area (Å²) in [4.78, 5) is 22.6. The number of hydrogen-bond donors (Lipinski definition) is 0. The van der Waals surface area contributed by atoms with Gasteiger partial charge in [-0.15, -0.1) is 0 Å². The molecular formula is C6H9N2O2. The normalized spacial score (nSPS) is 18.5. The van der Waals surface area contributed by atoms with Crippen molar-refractivity contribution >= 4 is 11.9 Å². The number of rotatable bonds is 0.